The summed E-state index contributed by atoms with van der Waals surface area (Å²) in [7, 11) is 2.87. The predicted molar refractivity (Wildman–Crippen MR) is 83.9 cm³/mol. The number of ketones is 1. The summed E-state index contributed by atoms with van der Waals surface area (Å²) < 4.78 is 44.4. The standard InChI is InChI=1S/C17H19F3N2O3/c1-15(13(23)17(18,19)20)8-9-16(14(24)25-3)10-22(15)21(2)12-7-5-4-6-11(12)16/h4-7H,8-10H2,1-3H3. The van der Waals surface area contributed by atoms with Crippen LogP contribution in [0.25, 0.3) is 0 Å². The highest BCUT2D eigenvalue weighted by atomic mass is 19.4. The summed E-state index contributed by atoms with van der Waals surface area (Å²) >= 11 is 0. The molecule has 2 heterocycles. The number of fused-ring (bicyclic) bond motifs is 4. The Balaban J connectivity index is 2.16. The quantitative estimate of drug-likeness (QED) is 0.762. The lowest BCUT2D eigenvalue weighted by molar-refractivity contribution is -0.189. The molecular formula is C17H19F3N2O3. The number of esters is 1. The number of hydrogen-bond donors (Lipinski definition) is 0. The van der Waals surface area contributed by atoms with Crippen LogP contribution in [0.4, 0.5) is 18.9 Å². The number of alkyl halides is 3. The number of halogens is 3. The Kier molecular flexibility index (Phi) is 3.87. The van der Waals surface area contributed by atoms with Crippen LogP contribution in [0.3, 0.4) is 0 Å². The third-order valence-corrected chi connectivity index (χ3v) is 5.48. The maximum absolute atomic E-state index is 13.2. The van der Waals surface area contributed by atoms with E-state index in [-0.39, 0.29) is 19.4 Å². The van der Waals surface area contributed by atoms with Crippen molar-refractivity contribution in [2.24, 2.45) is 0 Å². The number of methoxy groups -OCH3 is 1. The molecule has 3 rings (SSSR count). The number of nitrogens with zero attached hydrogens (tertiary/aromatic N) is 2. The molecule has 3 unspecified atom stereocenters. The van der Waals surface area contributed by atoms with E-state index in [0.717, 1.165) is 0 Å². The average Bonchev–Trinajstić information content (AvgIpc) is 2.59. The second-order valence-electron chi connectivity index (χ2n) is 6.77. The monoisotopic (exact) mass is 356 g/mol. The van der Waals surface area contributed by atoms with E-state index in [1.54, 1.807) is 36.3 Å². The molecule has 2 aliphatic rings. The molecule has 1 fully saturated rings. The summed E-state index contributed by atoms with van der Waals surface area (Å²) in [4.78, 5) is 24.7. The second kappa shape index (κ2) is 5.45. The van der Waals surface area contributed by atoms with Gasteiger partial charge < -0.3 is 9.75 Å². The molecule has 25 heavy (non-hydrogen) atoms. The Labute approximate surface area is 143 Å². The van der Waals surface area contributed by atoms with E-state index < -0.39 is 28.9 Å². The summed E-state index contributed by atoms with van der Waals surface area (Å²) in [6, 6.07) is 7.03. The minimum absolute atomic E-state index is 0.0362. The third kappa shape index (κ3) is 2.34. The fourth-order valence-electron chi connectivity index (χ4n) is 4.05. The van der Waals surface area contributed by atoms with Crippen molar-refractivity contribution >= 4 is 17.4 Å². The van der Waals surface area contributed by atoms with Crippen molar-refractivity contribution in [1.82, 2.24) is 5.01 Å². The number of Topliss-reactive ketones (excluding diaryl/α,β-unsaturated/α-hetero) is 1. The largest absolute Gasteiger partial charge is 0.468 e. The minimum Gasteiger partial charge on any atom is -0.468 e. The number of ether oxygens (including phenoxy) is 1. The van der Waals surface area contributed by atoms with Gasteiger partial charge in [0.05, 0.1) is 12.8 Å². The molecule has 0 aromatic heterocycles. The Hall–Kier alpha value is -2.09. The van der Waals surface area contributed by atoms with E-state index in [1.165, 1.54) is 19.0 Å². The SMILES string of the molecule is COC(=O)C12CCC(C)(C(=O)C(F)(F)F)N(C1)N(C)c1ccccc12. The Morgan fingerprint density at radius 2 is 1.84 bits per heavy atom. The molecule has 0 N–H and O–H groups in total. The molecule has 0 aliphatic carbocycles. The first-order valence-corrected chi connectivity index (χ1v) is 7.89. The highest BCUT2D eigenvalue weighted by Crippen LogP contribution is 2.50. The van der Waals surface area contributed by atoms with E-state index in [4.69, 9.17) is 4.74 Å². The van der Waals surface area contributed by atoms with Gasteiger partial charge in [-0.2, -0.15) is 13.2 Å². The van der Waals surface area contributed by atoms with Gasteiger partial charge in [0.25, 0.3) is 5.78 Å². The topological polar surface area (TPSA) is 49.9 Å². The Morgan fingerprint density at radius 3 is 2.44 bits per heavy atom. The van der Waals surface area contributed by atoms with E-state index in [1.807, 2.05) is 0 Å². The van der Waals surface area contributed by atoms with Crippen LogP contribution >= 0.6 is 0 Å². The molecule has 0 saturated carbocycles. The van der Waals surface area contributed by atoms with Crippen LogP contribution in [0.2, 0.25) is 0 Å². The number of carbonyl (C=O) groups excluding carboxylic acids is 2. The number of anilines is 1. The summed E-state index contributed by atoms with van der Waals surface area (Å²) in [6.07, 6.45) is -4.93. The molecule has 1 aromatic rings. The zero-order chi connectivity index (χ0) is 18.6. The van der Waals surface area contributed by atoms with E-state index >= 15 is 0 Å². The molecule has 8 heteroatoms. The van der Waals surface area contributed by atoms with Crippen LogP contribution in [-0.2, 0) is 19.7 Å². The molecule has 2 aliphatic heterocycles. The molecule has 5 nitrogen and oxygen atoms in total. The lowest BCUT2D eigenvalue weighted by Crippen LogP contribution is -2.71. The molecule has 0 amide bonds. The van der Waals surface area contributed by atoms with Crippen molar-refractivity contribution in [2.45, 2.75) is 36.9 Å². The zero-order valence-corrected chi connectivity index (χ0v) is 14.2. The summed E-state index contributed by atoms with van der Waals surface area (Å²) in [5.74, 6) is -2.30. The highest BCUT2D eigenvalue weighted by Gasteiger charge is 2.62. The van der Waals surface area contributed by atoms with Gasteiger partial charge in [0.15, 0.2) is 0 Å². The fraction of sp³-hybridized carbons (Fsp3) is 0.529. The van der Waals surface area contributed by atoms with Gasteiger partial charge in [-0.05, 0) is 31.4 Å². The van der Waals surface area contributed by atoms with Crippen molar-refractivity contribution in [3.8, 4) is 0 Å². The summed E-state index contributed by atoms with van der Waals surface area (Å²) in [5.41, 5.74) is -1.54. The fourth-order valence-corrected chi connectivity index (χ4v) is 4.05. The Morgan fingerprint density at radius 1 is 1.20 bits per heavy atom. The maximum atomic E-state index is 13.2. The van der Waals surface area contributed by atoms with Gasteiger partial charge in [-0.25, -0.2) is 5.01 Å². The van der Waals surface area contributed by atoms with E-state index in [2.05, 4.69) is 0 Å². The first kappa shape index (κ1) is 17.7. The van der Waals surface area contributed by atoms with Gasteiger partial charge in [-0.1, -0.05) is 18.2 Å². The number of rotatable bonds is 2. The van der Waals surface area contributed by atoms with Crippen molar-refractivity contribution in [2.75, 3.05) is 25.7 Å². The number of hydrogen-bond acceptors (Lipinski definition) is 5. The van der Waals surface area contributed by atoms with Gasteiger partial charge >= 0.3 is 12.1 Å². The molecule has 136 valence electrons. The Bertz CT molecular complexity index is 736. The lowest BCUT2D eigenvalue weighted by atomic mass is 9.67. The minimum atomic E-state index is -4.95. The van der Waals surface area contributed by atoms with E-state index in [0.29, 0.717) is 11.3 Å². The van der Waals surface area contributed by atoms with Crippen LogP contribution in [0.1, 0.15) is 25.3 Å². The van der Waals surface area contributed by atoms with Crippen molar-refractivity contribution in [1.29, 1.82) is 0 Å². The molecule has 1 aromatic carbocycles. The van der Waals surface area contributed by atoms with Crippen molar-refractivity contribution in [3.05, 3.63) is 29.8 Å². The third-order valence-electron chi connectivity index (χ3n) is 5.48. The van der Waals surface area contributed by atoms with Gasteiger partial charge in [0, 0.05) is 13.6 Å². The number of hydrazine groups is 1. The molecule has 2 bridgehead atoms. The highest BCUT2D eigenvalue weighted by molar-refractivity contribution is 5.95. The number of benzene rings is 1. The smallest absolute Gasteiger partial charge is 0.452 e. The number of carbonyl (C=O) groups is 2. The van der Waals surface area contributed by atoms with Crippen LogP contribution in [-0.4, -0.2) is 49.2 Å². The van der Waals surface area contributed by atoms with Crippen LogP contribution in [0, 0.1) is 0 Å². The first-order valence-electron chi connectivity index (χ1n) is 7.89. The zero-order valence-electron chi connectivity index (χ0n) is 14.2. The molecule has 0 spiro atoms. The molecule has 1 saturated heterocycles. The second-order valence-corrected chi connectivity index (χ2v) is 6.77. The average molecular weight is 356 g/mol. The van der Waals surface area contributed by atoms with Gasteiger partial charge in [0.1, 0.15) is 11.0 Å². The number of piperidine rings is 1. The predicted octanol–water partition coefficient (Wildman–Crippen LogP) is 2.45. The van der Waals surface area contributed by atoms with Crippen LogP contribution in [0.5, 0.6) is 0 Å². The lowest BCUT2D eigenvalue weighted by Gasteiger charge is -2.57. The number of para-hydroxylation sites is 1. The van der Waals surface area contributed by atoms with Crippen molar-refractivity contribution < 1.29 is 27.5 Å². The van der Waals surface area contributed by atoms with E-state index in [9.17, 15) is 22.8 Å². The maximum Gasteiger partial charge on any atom is 0.452 e. The van der Waals surface area contributed by atoms with Crippen LogP contribution < -0.4 is 5.01 Å². The van der Waals surface area contributed by atoms with Gasteiger partial charge in [-0.3, -0.25) is 9.59 Å². The van der Waals surface area contributed by atoms with Gasteiger partial charge in [-0.15, -0.1) is 0 Å². The molecule has 3 atom stereocenters. The molecular weight excluding hydrogens is 337 g/mol. The summed E-state index contributed by atoms with van der Waals surface area (Å²) in [5, 5.41) is 2.89. The summed E-state index contributed by atoms with van der Waals surface area (Å²) in [6.45, 7) is 1.25. The normalized spacial score (nSPS) is 31.3. The van der Waals surface area contributed by atoms with Crippen LogP contribution in [0.15, 0.2) is 24.3 Å². The molecule has 0 radical (unpaired) electrons. The van der Waals surface area contributed by atoms with Crippen molar-refractivity contribution in [3.63, 3.8) is 0 Å². The van der Waals surface area contributed by atoms with Gasteiger partial charge in [0.2, 0.25) is 0 Å². The first-order chi connectivity index (χ1) is 11.6.